The Morgan fingerprint density at radius 3 is 1.91 bits per heavy atom. The van der Waals surface area contributed by atoms with Gasteiger partial charge in [-0.25, -0.2) is 0 Å². The number of benzene rings is 1. The lowest BCUT2D eigenvalue weighted by molar-refractivity contribution is 0.178. The molecule has 0 atom stereocenters. The molecule has 2 saturated carbocycles. The molecule has 0 aliphatic heterocycles. The summed E-state index contributed by atoms with van der Waals surface area (Å²) in [7, 11) is 0. The number of phenolic OH excluding ortho intramolecular Hbond substituents is 1. The van der Waals surface area contributed by atoms with Crippen molar-refractivity contribution in [2.24, 2.45) is 17.6 Å². The minimum Gasteiger partial charge on any atom is -0.506 e. The molecule has 0 amide bonds. The van der Waals surface area contributed by atoms with Crippen LogP contribution in [0.25, 0.3) is 0 Å². The second kappa shape index (κ2) is 6.37. The fourth-order valence-corrected chi connectivity index (χ4v) is 4.52. The van der Waals surface area contributed by atoms with Crippen LogP contribution in [0.2, 0.25) is 0 Å². The average molecular weight is 303 g/mol. The Morgan fingerprint density at radius 1 is 0.773 bits per heavy atom. The van der Waals surface area contributed by atoms with Crippen molar-refractivity contribution in [2.45, 2.75) is 63.3 Å². The molecule has 1 aromatic carbocycles. The largest absolute Gasteiger partial charge is 0.506 e. The first-order valence-corrected chi connectivity index (χ1v) is 8.68. The summed E-state index contributed by atoms with van der Waals surface area (Å²) in [6, 6.07) is 4.06. The van der Waals surface area contributed by atoms with Crippen molar-refractivity contribution in [1.29, 1.82) is 0 Å². The molecule has 4 nitrogen and oxygen atoms in total. The lowest BCUT2D eigenvalue weighted by Gasteiger charge is -2.37. The molecule has 3 rings (SSSR count). The van der Waals surface area contributed by atoms with Gasteiger partial charge >= 0.3 is 0 Å². The molecule has 2 aliphatic carbocycles. The van der Waals surface area contributed by atoms with E-state index in [2.05, 4.69) is 0 Å². The van der Waals surface area contributed by atoms with Crippen LogP contribution in [0.15, 0.2) is 12.1 Å². The first-order chi connectivity index (χ1) is 10.6. The molecule has 1 aromatic rings. The zero-order chi connectivity index (χ0) is 15.7. The molecular formula is C18H29N3O. The van der Waals surface area contributed by atoms with Crippen LogP contribution in [-0.2, 0) is 0 Å². The quantitative estimate of drug-likeness (QED) is 0.497. The lowest BCUT2D eigenvalue weighted by Crippen LogP contribution is -2.31. The molecule has 2 fully saturated rings. The Morgan fingerprint density at radius 2 is 1.32 bits per heavy atom. The summed E-state index contributed by atoms with van der Waals surface area (Å²) in [4.78, 5) is 0. The molecule has 4 heteroatoms. The molecule has 0 radical (unpaired) electrons. The Hall–Kier alpha value is -1.42. The molecule has 2 aliphatic rings. The van der Waals surface area contributed by atoms with E-state index in [0.29, 0.717) is 23.3 Å². The fraction of sp³-hybridized carbons (Fsp3) is 0.667. The summed E-state index contributed by atoms with van der Waals surface area (Å²) in [6.07, 6.45) is 9.95. The van der Waals surface area contributed by atoms with E-state index in [-0.39, 0.29) is 5.75 Å². The first kappa shape index (κ1) is 15.5. The van der Waals surface area contributed by atoms with E-state index in [1.54, 1.807) is 6.07 Å². The number of phenols is 1. The zero-order valence-electron chi connectivity index (χ0n) is 13.3. The van der Waals surface area contributed by atoms with Gasteiger partial charge in [0.2, 0.25) is 0 Å². The molecule has 22 heavy (non-hydrogen) atoms. The number of hydrogen-bond acceptors (Lipinski definition) is 4. The van der Waals surface area contributed by atoms with Gasteiger partial charge in [0.05, 0.1) is 11.4 Å². The third-order valence-corrected chi connectivity index (χ3v) is 5.99. The van der Waals surface area contributed by atoms with Crippen LogP contribution < -0.4 is 17.2 Å². The normalized spacial score (nSPS) is 32.8. The van der Waals surface area contributed by atoms with Gasteiger partial charge in [0.1, 0.15) is 5.75 Å². The van der Waals surface area contributed by atoms with Crippen LogP contribution in [0.4, 0.5) is 11.4 Å². The number of aromatic hydroxyl groups is 1. The monoisotopic (exact) mass is 303 g/mol. The Labute approximate surface area is 133 Å². The molecule has 0 unspecified atom stereocenters. The Kier molecular flexibility index (Phi) is 4.48. The van der Waals surface area contributed by atoms with Crippen molar-refractivity contribution < 1.29 is 5.11 Å². The van der Waals surface area contributed by atoms with Gasteiger partial charge in [0, 0.05) is 6.04 Å². The van der Waals surface area contributed by atoms with Crippen molar-refractivity contribution in [3.05, 3.63) is 17.7 Å². The fourth-order valence-electron chi connectivity index (χ4n) is 4.52. The van der Waals surface area contributed by atoms with E-state index in [1.165, 1.54) is 51.4 Å². The predicted octanol–water partition coefficient (Wildman–Crippen LogP) is 3.35. The molecule has 0 heterocycles. The van der Waals surface area contributed by atoms with E-state index in [1.807, 2.05) is 6.07 Å². The van der Waals surface area contributed by atoms with Gasteiger partial charge < -0.3 is 22.3 Å². The SMILES string of the molecule is Nc1c(O)ccc(C2CCC(C3CCC(N)CC3)CC2)c1N. The minimum atomic E-state index is 0.0912. The van der Waals surface area contributed by atoms with E-state index >= 15 is 0 Å². The van der Waals surface area contributed by atoms with E-state index < -0.39 is 0 Å². The van der Waals surface area contributed by atoms with Gasteiger partial charge in [0.25, 0.3) is 0 Å². The van der Waals surface area contributed by atoms with Crippen molar-refractivity contribution in [3.63, 3.8) is 0 Å². The third kappa shape index (κ3) is 3.02. The lowest BCUT2D eigenvalue weighted by atomic mass is 9.69. The molecule has 0 bridgehead atoms. The summed E-state index contributed by atoms with van der Waals surface area (Å²) in [6.45, 7) is 0. The predicted molar refractivity (Wildman–Crippen MR) is 91.6 cm³/mol. The second-order valence-electron chi connectivity index (χ2n) is 7.29. The highest BCUT2D eigenvalue weighted by atomic mass is 16.3. The topological polar surface area (TPSA) is 98.3 Å². The third-order valence-electron chi connectivity index (χ3n) is 5.99. The van der Waals surface area contributed by atoms with Crippen molar-refractivity contribution in [1.82, 2.24) is 0 Å². The highest BCUT2D eigenvalue weighted by Crippen LogP contribution is 2.45. The maximum atomic E-state index is 9.64. The number of rotatable bonds is 2. The average Bonchev–Trinajstić information content (AvgIpc) is 2.54. The highest BCUT2D eigenvalue weighted by Gasteiger charge is 2.31. The summed E-state index contributed by atoms with van der Waals surface area (Å²) >= 11 is 0. The maximum absolute atomic E-state index is 9.64. The smallest absolute Gasteiger partial charge is 0.140 e. The number of nitrogen functional groups attached to an aromatic ring is 2. The van der Waals surface area contributed by atoms with Gasteiger partial charge in [-0.15, -0.1) is 0 Å². The number of nitrogens with two attached hydrogens (primary N) is 3. The van der Waals surface area contributed by atoms with Crippen LogP contribution in [0, 0.1) is 11.8 Å². The number of hydrogen-bond donors (Lipinski definition) is 4. The summed E-state index contributed by atoms with van der Waals surface area (Å²) in [5.74, 6) is 2.32. The van der Waals surface area contributed by atoms with Crippen LogP contribution in [-0.4, -0.2) is 11.1 Å². The Bertz CT molecular complexity index is 515. The summed E-state index contributed by atoms with van der Waals surface area (Å²) in [5, 5.41) is 9.64. The minimum absolute atomic E-state index is 0.0912. The van der Waals surface area contributed by atoms with Crippen molar-refractivity contribution in [2.75, 3.05) is 11.5 Å². The van der Waals surface area contributed by atoms with Crippen LogP contribution in [0.1, 0.15) is 62.8 Å². The van der Waals surface area contributed by atoms with Gasteiger partial charge in [0.15, 0.2) is 0 Å². The summed E-state index contributed by atoms with van der Waals surface area (Å²) < 4.78 is 0. The van der Waals surface area contributed by atoms with Gasteiger partial charge in [-0.05, 0) is 80.8 Å². The zero-order valence-corrected chi connectivity index (χ0v) is 13.3. The maximum Gasteiger partial charge on any atom is 0.140 e. The number of anilines is 2. The molecular weight excluding hydrogens is 274 g/mol. The van der Waals surface area contributed by atoms with Gasteiger partial charge in [-0.3, -0.25) is 0 Å². The van der Waals surface area contributed by atoms with Crippen molar-refractivity contribution in [3.8, 4) is 5.75 Å². The van der Waals surface area contributed by atoms with Crippen LogP contribution in [0.5, 0.6) is 5.75 Å². The standard InChI is InChI=1S/C18H29N3O/c19-14-7-5-12(6-8-14)11-1-3-13(4-2-11)15-9-10-16(22)18(21)17(15)20/h9-14,22H,1-8,19-21H2. The highest BCUT2D eigenvalue weighted by molar-refractivity contribution is 5.74. The molecule has 7 N–H and O–H groups in total. The van der Waals surface area contributed by atoms with Gasteiger partial charge in [-0.2, -0.15) is 0 Å². The molecule has 0 aromatic heterocycles. The first-order valence-electron chi connectivity index (χ1n) is 8.68. The van der Waals surface area contributed by atoms with Crippen LogP contribution in [0.3, 0.4) is 0 Å². The molecule has 122 valence electrons. The molecule has 0 saturated heterocycles. The summed E-state index contributed by atoms with van der Waals surface area (Å²) in [5.41, 5.74) is 20.0. The molecule has 0 spiro atoms. The van der Waals surface area contributed by atoms with E-state index in [9.17, 15) is 5.11 Å². The van der Waals surface area contributed by atoms with Crippen molar-refractivity contribution >= 4 is 11.4 Å². The van der Waals surface area contributed by atoms with Crippen LogP contribution >= 0.6 is 0 Å². The second-order valence-corrected chi connectivity index (χ2v) is 7.29. The Balaban J connectivity index is 1.61. The van der Waals surface area contributed by atoms with E-state index in [4.69, 9.17) is 17.2 Å². The van der Waals surface area contributed by atoms with E-state index in [0.717, 1.165) is 17.4 Å². The van der Waals surface area contributed by atoms with Gasteiger partial charge in [-0.1, -0.05) is 6.07 Å².